The molecule has 0 aliphatic carbocycles. The average molecular weight is 657 g/mol. The van der Waals surface area contributed by atoms with Crippen LogP contribution in [0.5, 0.6) is 5.75 Å². The van der Waals surface area contributed by atoms with Gasteiger partial charge in [-0.3, -0.25) is 13.2 Å². The topological polar surface area (TPSA) is 181 Å². The van der Waals surface area contributed by atoms with Gasteiger partial charge in [-0.05, 0) is 60.1 Å². The minimum atomic E-state index is -3.79. The van der Waals surface area contributed by atoms with Gasteiger partial charge in [0.1, 0.15) is 28.8 Å². The van der Waals surface area contributed by atoms with E-state index in [0.29, 0.717) is 0 Å². The lowest BCUT2D eigenvalue weighted by Gasteiger charge is -2.25. The highest BCUT2D eigenvalue weighted by Crippen LogP contribution is 2.25. The van der Waals surface area contributed by atoms with Crippen LogP contribution >= 0.6 is 0 Å². The van der Waals surface area contributed by atoms with Crippen LogP contribution in [-0.4, -0.2) is 90.9 Å². The number of ether oxygens (including phenoxy) is 3. The fourth-order valence-electron chi connectivity index (χ4n) is 3.31. The minimum absolute atomic E-state index is 0.0917. The first-order valence-corrected chi connectivity index (χ1v) is 16.7. The molecular formula is C26H41FN2O12S2. The highest BCUT2D eigenvalue weighted by molar-refractivity contribution is 7.86. The maximum absolute atomic E-state index is 15.1. The molecule has 1 atom stereocenters. The highest BCUT2D eigenvalue weighted by Gasteiger charge is 2.29. The summed E-state index contributed by atoms with van der Waals surface area (Å²) in [6, 6.07) is 2.01. The third kappa shape index (κ3) is 17.6. The maximum Gasteiger partial charge on any atom is 0.413 e. The molecular weight excluding hydrogens is 615 g/mol. The molecule has 17 heteroatoms. The lowest BCUT2D eigenvalue weighted by atomic mass is 10.1. The van der Waals surface area contributed by atoms with Gasteiger partial charge in [0.05, 0.1) is 31.4 Å². The van der Waals surface area contributed by atoms with Gasteiger partial charge in [-0.2, -0.15) is 16.8 Å². The van der Waals surface area contributed by atoms with Crippen molar-refractivity contribution in [1.82, 2.24) is 5.32 Å². The second kappa shape index (κ2) is 15.6. The van der Waals surface area contributed by atoms with E-state index in [0.717, 1.165) is 18.6 Å². The number of benzene rings is 1. The van der Waals surface area contributed by atoms with Gasteiger partial charge in [0.25, 0.3) is 20.2 Å². The molecule has 0 fully saturated rings. The number of amides is 1. The van der Waals surface area contributed by atoms with Crippen LogP contribution in [0.15, 0.2) is 18.2 Å². The molecule has 1 N–H and O–H groups in total. The van der Waals surface area contributed by atoms with Crippen molar-refractivity contribution in [3.8, 4) is 5.75 Å². The number of rotatable bonds is 15. The molecule has 1 aromatic rings. The summed E-state index contributed by atoms with van der Waals surface area (Å²) in [6.07, 6.45) is 0.172. The van der Waals surface area contributed by atoms with E-state index < -0.39 is 61.3 Å². The Labute approximate surface area is 252 Å². The van der Waals surface area contributed by atoms with Gasteiger partial charge in [0.2, 0.25) is 0 Å². The Kier molecular flexibility index (Phi) is 13.8. The fourth-order valence-corrected chi connectivity index (χ4v) is 4.07. The van der Waals surface area contributed by atoms with E-state index in [-0.39, 0.29) is 50.6 Å². The highest BCUT2D eigenvalue weighted by atomic mass is 32.2. The molecule has 43 heavy (non-hydrogen) atoms. The van der Waals surface area contributed by atoms with Crippen LogP contribution in [0.3, 0.4) is 0 Å². The summed E-state index contributed by atoms with van der Waals surface area (Å²) in [7, 11) is -7.58. The summed E-state index contributed by atoms with van der Waals surface area (Å²) >= 11 is 0. The molecule has 246 valence electrons. The predicted octanol–water partition coefficient (Wildman–Crippen LogP) is 2.51. The summed E-state index contributed by atoms with van der Waals surface area (Å²) in [4.78, 5) is 38.8. The zero-order chi connectivity index (χ0) is 33.2. The van der Waals surface area contributed by atoms with E-state index in [1.54, 1.807) is 41.5 Å². The number of nitrogens with one attached hydrogen (secondary N) is 1. The van der Waals surface area contributed by atoms with Crippen LogP contribution in [-0.2, 0) is 47.7 Å². The molecule has 0 aliphatic heterocycles. The van der Waals surface area contributed by atoms with Crippen molar-refractivity contribution in [2.45, 2.75) is 71.6 Å². The van der Waals surface area contributed by atoms with Crippen molar-refractivity contribution >= 4 is 44.0 Å². The molecule has 1 amide bonds. The Balaban J connectivity index is 3.04. The quantitative estimate of drug-likeness (QED) is 0.215. The third-order valence-corrected chi connectivity index (χ3v) is 6.02. The number of hydrogen-bond donors (Lipinski definition) is 1. The van der Waals surface area contributed by atoms with Crippen molar-refractivity contribution in [3.05, 3.63) is 24.0 Å². The van der Waals surface area contributed by atoms with Crippen LogP contribution < -0.4 is 15.0 Å². The van der Waals surface area contributed by atoms with Gasteiger partial charge in [0.15, 0.2) is 0 Å². The molecule has 0 bridgehead atoms. The van der Waals surface area contributed by atoms with Gasteiger partial charge < -0.3 is 24.4 Å². The lowest BCUT2D eigenvalue weighted by Crippen LogP contribution is -2.45. The molecule has 0 spiro atoms. The molecule has 1 rings (SSSR count). The van der Waals surface area contributed by atoms with Crippen molar-refractivity contribution in [3.63, 3.8) is 0 Å². The van der Waals surface area contributed by atoms with E-state index in [1.165, 1.54) is 17.0 Å². The number of carbonyl (C=O) groups excluding carboxylic acids is 3. The largest absolute Gasteiger partial charge is 0.460 e. The first kappa shape index (κ1) is 38.0. The minimum Gasteiger partial charge on any atom is -0.460 e. The molecule has 0 aliphatic rings. The maximum atomic E-state index is 15.1. The Morgan fingerprint density at radius 2 is 1.40 bits per heavy atom. The number of hydrogen-bond acceptors (Lipinski definition) is 13. The molecule has 0 radical (unpaired) electrons. The Bertz CT molecular complexity index is 1300. The summed E-state index contributed by atoms with van der Waals surface area (Å²) in [5.74, 6) is -2.58. The van der Waals surface area contributed by atoms with E-state index in [9.17, 15) is 31.2 Å². The zero-order valence-electron chi connectivity index (χ0n) is 25.6. The summed E-state index contributed by atoms with van der Waals surface area (Å²) in [5, 5.41) is 2.32. The van der Waals surface area contributed by atoms with Crippen molar-refractivity contribution in [1.29, 1.82) is 0 Å². The lowest BCUT2D eigenvalue weighted by molar-refractivity contribution is -0.158. The Morgan fingerprint density at radius 1 is 0.884 bits per heavy atom. The third-order valence-electron chi connectivity index (χ3n) is 4.83. The smallest absolute Gasteiger partial charge is 0.413 e. The average Bonchev–Trinajstić information content (AvgIpc) is 2.77. The van der Waals surface area contributed by atoms with Gasteiger partial charge in [-0.25, -0.2) is 14.0 Å². The van der Waals surface area contributed by atoms with Gasteiger partial charge >= 0.3 is 18.0 Å². The molecule has 1 aromatic carbocycles. The summed E-state index contributed by atoms with van der Waals surface area (Å²) < 4.78 is 85.4. The van der Waals surface area contributed by atoms with E-state index in [4.69, 9.17) is 22.6 Å². The van der Waals surface area contributed by atoms with E-state index in [1.807, 2.05) is 0 Å². The second-order valence-corrected chi connectivity index (χ2v) is 14.7. The van der Waals surface area contributed by atoms with Crippen LogP contribution in [0.25, 0.3) is 0 Å². The number of halogens is 1. The molecule has 0 heterocycles. The first-order valence-electron chi connectivity index (χ1n) is 13.1. The molecule has 14 nitrogen and oxygen atoms in total. The first-order chi connectivity index (χ1) is 19.4. The SMILES string of the molecule is CC(C)(C)OC(=O)CC[C@H](NC(=O)Oc1ccc(N(CCOS(C)(=O)=O)CCOS(C)(=O)=O)c(F)c1)C(=O)OC(C)(C)C. The van der Waals surface area contributed by atoms with Crippen LogP contribution in [0, 0.1) is 5.82 Å². The van der Waals surface area contributed by atoms with Crippen LogP contribution in [0.2, 0.25) is 0 Å². The van der Waals surface area contributed by atoms with Gasteiger partial charge in [-0.1, -0.05) is 0 Å². The van der Waals surface area contributed by atoms with E-state index >= 15 is 4.39 Å². The standard InChI is InChI=1S/C26H41FN2O12S2/c1-25(2,3)40-22(30)12-10-20(23(31)41-26(4,5)6)28-24(32)39-18-9-11-21(19(27)17-18)29(13-15-37-42(7,33)34)14-16-38-43(8,35)36/h9,11,17,20H,10,12-16H2,1-8H3,(H,28,32)/t20-/m0/s1. The van der Waals surface area contributed by atoms with Crippen molar-refractivity contribution in [2.24, 2.45) is 0 Å². The number of nitrogens with zero attached hydrogens (tertiary/aromatic N) is 1. The predicted molar refractivity (Wildman–Crippen MR) is 154 cm³/mol. The number of anilines is 1. The number of esters is 2. The fraction of sp³-hybridized carbons (Fsp3) is 0.654. The molecule has 0 aromatic heterocycles. The van der Waals surface area contributed by atoms with Gasteiger partial charge in [-0.15, -0.1) is 0 Å². The van der Waals surface area contributed by atoms with Gasteiger partial charge in [0, 0.05) is 25.6 Å². The second-order valence-electron chi connectivity index (χ2n) is 11.4. The molecule has 0 saturated heterocycles. The molecule has 0 unspecified atom stereocenters. The van der Waals surface area contributed by atoms with Crippen LogP contribution in [0.1, 0.15) is 54.4 Å². The monoisotopic (exact) mass is 656 g/mol. The Morgan fingerprint density at radius 3 is 1.84 bits per heavy atom. The normalized spacial score (nSPS) is 13.1. The van der Waals surface area contributed by atoms with Crippen molar-refractivity contribution < 1.29 is 58.2 Å². The van der Waals surface area contributed by atoms with Crippen LogP contribution in [0.4, 0.5) is 14.9 Å². The molecule has 0 saturated carbocycles. The summed E-state index contributed by atoms with van der Waals surface area (Å²) in [5.41, 5.74) is -1.74. The zero-order valence-corrected chi connectivity index (χ0v) is 27.2. The summed E-state index contributed by atoms with van der Waals surface area (Å²) in [6.45, 7) is 8.88. The Hall–Kier alpha value is -3.02. The van der Waals surface area contributed by atoms with E-state index in [2.05, 4.69) is 5.32 Å². The number of carbonyl (C=O) groups is 3. The van der Waals surface area contributed by atoms with Crippen molar-refractivity contribution in [2.75, 3.05) is 43.7 Å².